The van der Waals surface area contributed by atoms with Gasteiger partial charge in [0.25, 0.3) is 0 Å². The van der Waals surface area contributed by atoms with Crippen molar-refractivity contribution in [2.45, 2.75) is 39.2 Å². The van der Waals surface area contributed by atoms with E-state index in [9.17, 15) is 4.79 Å². The Morgan fingerprint density at radius 1 is 1.41 bits per heavy atom. The lowest BCUT2D eigenvalue weighted by molar-refractivity contribution is -0.136. The number of rotatable bonds is 6. The number of hydrogen-bond donors (Lipinski definition) is 2. The zero-order valence-electron chi connectivity index (χ0n) is 10.5. The fourth-order valence-electron chi connectivity index (χ4n) is 1.87. The van der Waals surface area contributed by atoms with Gasteiger partial charge in [-0.15, -0.1) is 0 Å². The molecule has 1 unspecified atom stereocenters. The first-order chi connectivity index (χ1) is 7.99. The van der Waals surface area contributed by atoms with Crippen LogP contribution in [0.3, 0.4) is 0 Å². The zero-order chi connectivity index (χ0) is 12.8. The molecule has 0 aliphatic carbocycles. The van der Waals surface area contributed by atoms with Crippen LogP contribution in [-0.2, 0) is 11.2 Å². The van der Waals surface area contributed by atoms with Crippen molar-refractivity contribution in [1.82, 2.24) is 0 Å². The Labute approximate surface area is 103 Å². The first-order valence-corrected chi connectivity index (χ1v) is 6.05. The minimum absolute atomic E-state index is 0.0415. The Morgan fingerprint density at radius 2 is 2.12 bits per heavy atom. The third kappa shape index (κ3) is 5.00. The van der Waals surface area contributed by atoms with Gasteiger partial charge in [-0.05, 0) is 29.9 Å². The van der Waals surface area contributed by atoms with Crippen molar-refractivity contribution in [3.63, 3.8) is 0 Å². The zero-order valence-corrected chi connectivity index (χ0v) is 10.5. The second kappa shape index (κ2) is 6.40. The third-order valence-corrected chi connectivity index (χ3v) is 2.73. The van der Waals surface area contributed by atoms with E-state index in [-0.39, 0.29) is 12.5 Å². The molecule has 0 radical (unpaired) electrons. The summed E-state index contributed by atoms with van der Waals surface area (Å²) in [7, 11) is 0. The maximum absolute atomic E-state index is 10.5. The van der Waals surface area contributed by atoms with Gasteiger partial charge in [0.15, 0.2) is 0 Å². The van der Waals surface area contributed by atoms with E-state index in [0.717, 1.165) is 17.5 Å². The smallest absolute Gasteiger partial charge is 0.303 e. The largest absolute Gasteiger partial charge is 0.481 e. The van der Waals surface area contributed by atoms with Crippen LogP contribution in [0.1, 0.15) is 43.9 Å². The standard InChI is InChI=1S/C14H21NO2/c1-10(2)8-13(15)12-5-3-4-11(9-12)6-7-14(16)17/h3-5,9-10,13H,6-8,15H2,1-2H3,(H,16,17). The Morgan fingerprint density at radius 3 is 2.71 bits per heavy atom. The summed E-state index contributed by atoms with van der Waals surface area (Å²) in [6.45, 7) is 4.29. The highest BCUT2D eigenvalue weighted by molar-refractivity contribution is 5.67. The van der Waals surface area contributed by atoms with Gasteiger partial charge in [-0.2, -0.15) is 0 Å². The lowest BCUT2D eigenvalue weighted by Crippen LogP contribution is -2.13. The maximum Gasteiger partial charge on any atom is 0.303 e. The Balaban J connectivity index is 2.67. The highest BCUT2D eigenvalue weighted by atomic mass is 16.4. The van der Waals surface area contributed by atoms with E-state index >= 15 is 0 Å². The molecule has 94 valence electrons. The molecule has 0 saturated carbocycles. The van der Waals surface area contributed by atoms with Gasteiger partial charge >= 0.3 is 5.97 Å². The van der Waals surface area contributed by atoms with Gasteiger partial charge in [0, 0.05) is 12.5 Å². The average Bonchev–Trinajstić information content (AvgIpc) is 2.26. The number of carboxylic acid groups (broad SMARTS) is 1. The van der Waals surface area contributed by atoms with E-state index in [1.807, 2.05) is 24.3 Å². The molecule has 1 aromatic carbocycles. The molecule has 1 atom stereocenters. The molecular formula is C14H21NO2. The molecule has 0 heterocycles. The molecule has 3 N–H and O–H groups in total. The van der Waals surface area contributed by atoms with Crippen LogP contribution in [0, 0.1) is 5.92 Å². The van der Waals surface area contributed by atoms with Crippen molar-refractivity contribution in [2.24, 2.45) is 11.7 Å². The van der Waals surface area contributed by atoms with Crippen LogP contribution in [0.25, 0.3) is 0 Å². The van der Waals surface area contributed by atoms with Crippen LogP contribution >= 0.6 is 0 Å². The fraction of sp³-hybridized carbons (Fsp3) is 0.500. The molecule has 1 rings (SSSR count). The molecule has 0 bridgehead atoms. The number of aliphatic carboxylic acids is 1. The van der Waals surface area contributed by atoms with E-state index < -0.39 is 5.97 Å². The summed E-state index contributed by atoms with van der Waals surface area (Å²) in [5.41, 5.74) is 8.25. The quantitative estimate of drug-likeness (QED) is 0.797. The third-order valence-electron chi connectivity index (χ3n) is 2.73. The Kier molecular flexibility index (Phi) is 5.16. The van der Waals surface area contributed by atoms with Crippen molar-refractivity contribution in [3.05, 3.63) is 35.4 Å². The number of hydrogen-bond acceptors (Lipinski definition) is 2. The van der Waals surface area contributed by atoms with Gasteiger partial charge in [-0.1, -0.05) is 38.1 Å². The number of nitrogens with two attached hydrogens (primary N) is 1. The second-order valence-electron chi connectivity index (χ2n) is 4.87. The molecule has 0 fully saturated rings. The summed E-state index contributed by atoms with van der Waals surface area (Å²) < 4.78 is 0. The van der Waals surface area contributed by atoms with Crippen molar-refractivity contribution in [3.8, 4) is 0 Å². The second-order valence-corrected chi connectivity index (χ2v) is 4.87. The molecule has 0 saturated heterocycles. The molecule has 0 amide bonds. The first kappa shape index (κ1) is 13.7. The number of carbonyl (C=O) groups is 1. The predicted molar refractivity (Wildman–Crippen MR) is 68.8 cm³/mol. The molecule has 0 spiro atoms. The average molecular weight is 235 g/mol. The number of benzene rings is 1. The molecule has 1 aromatic rings. The lowest BCUT2D eigenvalue weighted by atomic mass is 9.96. The monoisotopic (exact) mass is 235 g/mol. The van der Waals surface area contributed by atoms with Crippen molar-refractivity contribution < 1.29 is 9.90 Å². The van der Waals surface area contributed by atoms with E-state index in [2.05, 4.69) is 13.8 Å². The number of aryl methyl sites for hydroxylation is 1. The molecule has 3 heteroatoms. The maximum atomic E-state index is 10.5. The summed E-state index contributed by atoms with van der Waals surface area (Å²) in [6.07, 6.45) is 1.68. The molecule has 0 aliphatic heterocycles. The van der Waals surface area contributed by atoms with Gasteiger partial charge in [0.2, 0.25) is 0 Å². The SMILES string of the molecule is CC(C)CC(N)c1cccc(CCC(=O)O)c1. The molecule has 0 aromatic heterocycles. The van der Waals surface area contributed by atoms with Gasteiger partial charge in [-0.25, -0.2) is 0 Å². The summed E-state index contributed by atoms with van der Waals surface area (Å²) in [5.74, 6) is -0.199. The lowest BCUT2D eigenvalue weighted by Gasteiger charge is -2.15. The van der Waals surface area contributed by atoms with Crippen LogP contribution in [-0.4, -0.2) is 11.1 Å². The van der Waals surface area contributed by atoms with Crippen LogP contribution < -0.4 is 5.73 Å². The summed E-state index contributed by atoms with van der Waals surface area (Å²) in [5, 5.41) is 8.65. The summed E-state index contributed by atoms with van der Waals surface area (Å²) in [6, 6.07) is 7.98. The Bertz CT molecular complexity index is 374. The topological polar surface area (TPSA) is 63.3 Å². The highest BCUT2D eigenvalue weighted by Gasteiger charge is 2.09. The van der Waals surface area contributed by atoms with E-state index in [1.165, 1.54) is 0 Å². The predicted octanol–water partition coefficient (Wildman–Crippen LogP) is 2.75. The minimum atomic E-state index is -0.762. The van der Waals surface area contributed by atoms with Crippen molar-refractivity contribution >= 4 is 5.97 Å². The van der Waals surface area contributed by atoms with Crippen LogP contribution in [0.2, 0.25) is 0 Å². The first-order valence-electron chi connectivity index (χ1n) is 6.05. The molecular weight excluding hydrogens is 214 g/mol. The molecule has 0 aliphatic rings. The molecule has 17 heavy (non-hydrogen) atoms. The van der Waals surface area contributed by atoms with Gasteiger partial charge in [0.05, 0.1) is 0 Å². The minimum Gasteiger partial charge on any atom is -0.481 e. The highest BCUT2D eigenvalue weighted by Crippen LogP contribution is 2.20. The normalized spacial score (nSPS) is 12.7. The van der Waals surface area contributed by atoms with Crippen LogP contribution in [0.15, 0.2) is 24.3 Å². The van der Waals surface area contributed by atoms with Crippen LogP contribution in [0.4, 0.5) is 0 Å². The van der Waals surface area contributed by atoms with E-state index in [1.54, 1.807) is 0 Å². The van der Waals surface area contributed by atoms with E-state index in [0.29, 0.717) is 12.3 Å². The van der Waals surface area contributed by atoms with Gasteiger partial charge in [-0.3, -0.25) is 4.79 Å². The van der Waals surface area contributed by atoms with Crippen molar-refractivity contribution in [1.29, 1.82) is 0 Å². The number of carboxylic acids is 1. The fourth-order valence-corrected chi connectivity index (χ4v) is 1.87. The van der Waals surface area contributed by atoms with Crippen molar-refractivity contribution in [2.75, 3.05) is 0 Å². The van der Waals surface area contributed by atoms with Gasteiger partial charge < -0.3 is 10.8 Å². The van der Waals surface area contributed by atoms with Gasteiger partial charge in [0.1, 0.15) is 0 Å². The summed E-state index contributed by atoms with van der Waals surface area (Å²) >= 11 is 0. The summed E-state index contributed by atoms with van der Waals surface area (Å²) in [4.78, 5) is 10.5. The Hall–Kier alpha value is -1.35. The van der Waals surface area contributed by atoms with Crippen LogP contribution in [0.5, 0.6) is 0 Å². The van der Waals surface area contributed by atoms with E-state index in [4.69, 9.17) is 10.8 Å². The molecule has 3 nitrogen and oxygen atoms in total.